The molecule has 0 aliphatic rings. The van der Waals surface area contributed by atoms with Crippen molar-refractivity contribution in [3.8, 4) is 0 Å². The van der Waals surface area contributed by atoms with Crippen LogP contribution in [0.3, 0.4) is 0 Å². The van der Waals surface area contributed by atoms with Gasteiger partial charge in [-0.25, -0.2) is 8.78 Å². The van der Waals surface area contributed by atoms with Crippen molar-refractivity contribution in [3.05, 3.63) is 35.4 Å². The molecule has 0 aliphatic heterocycles. The highest BCUT2D eigenvalue weighted by atomic mass is 19.1. The largest absolute Gasteiger partial charge is 0.346 e. The van der Waals surface area contributed by atoms with Crippen LogP contribution in [-0.2, 0) is 11.2 Å². The fraction of sp³-hybridized carbons (Fsp3) is 0.739. The lowest BCUT2D eigenvalue weighted by Crippen LogP contribution is -2.21. The smallest absolute Gasteiger partial charge is 0.266 e. The van der Waals surface area contributed by atoms with Crippen molar-refractivity contribution >= 4 is 0 Å². The highest BCUT2D eigenvalue weighted by Crippen LogP contribution is 2.18. The Kier molecular flexibility index (Phi) is 14.1. The molecule has 0 fully saturated rings. The van der Waals surface area contributed by atoms with Crippen molar-refractivity contribution in [2.45, 2.75) is 109 Å². The van der Waals surface area contributed by atoms with Crippen LogP contribution in [0.15, 0.2) is 18.2 Å². The van der Waals surface area contributed by atoms with Gasteiger partial charge in [-0.2, -0.15) is 0 Å². The molecule has 0 aromatic heterocycles. The van der Waals surface area contributed by atoms with Crippen LogP contribution in [0.2, 0.25) is 0 Å². The van der Waals surface area contributed by atoms with E-state index in [1.54, 1.807) is 0 Å². The zero-order valence-electron chi connectivity index (χ0n) is 17.3. The van der Waals surface area contributed by atoms with E-state index in [9.17, 15) is 8.78 Å². The Morgan fingerprint density at radius 2 is 1.25 bits per heavy atom. The van der Waals surface area contributed by atoms with E-state index in [0.717, 1.165) is 57.4 Å². The quantitative estimate of drug-likeness (QED) is 0.240. The van der Waals surface area contributed by atoms with E-state index in [1.165, 1.54) is 44.2 Å². The summed E-state index contributed by atoms with van der Waals surface area (Å²) in [5.74, 6) is -1.05. The number of aliphatic hydroxyl groups is 2. The fourth-order valence-electron chi connectivity index (χ4n) is 3.59. The second-order valence-corrected chi connectivity index (χ2v) is 7.72. The molecule has 28 heavy (non-hydrogen) atoms. The van der Waals surface area contributed by atoms with E-state index in [2.05, 4.69) is 6.92 Å². The highest BCUT2D eigenvalue weighted by Gasteiger charge is 2.12. The minimum atomic E-state index is -1.71. The van der Waals surface area contributed by atoms with Gasteiger partial charge in [0.05, 0.1) is 6.10 Å². The summed E-state index contributed by atoms with van der Waals surface area (Å²) in [4.78, 5) is 0. The molecular weight excluding hydrogens is 362 g/mol. The van der Waals surface area contributed by atoms with Crippen LogP contribution < -0.4 is 0 Å². The molecule has 5 heteroatoms. The van der Waals surface area contributed by atoms with E-state index >= 15 is 0 Å². The Bertz CT molecular complexity index is 488. The zero-order chi connectivity index (χ0) is 20.6. The maximum Gasteiger partial charge on any atom is 0.266 e. The molecule has 1 rings (SSSR count). The Morgan fingerprint density at radius 3 is 1.79 bits per heavy atom. The van der Waals surface area contributed by atoms with Crippen LogP contribution in [0.4, 0.5) is 8.78 Å². The molecule has 0 bridgehead atoms. The number of rotatable bonds is 17. The number of hydrogen-bond donors (Lipinski definition) is 2. The monoisotopic (exact) mass is 400 g/mol. The van der Waals surface area contributed by atoms with Crippen molar-refractivity contribution in [1.29, 1.82) is 0 Å². The van der Waals surface area contributed by atoms with Crippen molar-refractivity contribution in [2.24, 2.45) is 0 Å². The second kappa shape index (κ2) is 15.8. The average molecular weight is 401 g/mol. The standard InChI is InChI=1S/C23H38F2O3/c1-2-3-4-5-6-7-11-14-22(28-23(26)27)15-12-9-8-10-13-19-16-20(24)18-21(25)17-19/h16-18,22-23,26-27H,2-15H2,1H3. The summed E-state index contributed by atoms with van der Waals surface area (Å²) < 4.78 is 31.5. The predicted octanol–water partition coefficient (Wildman–Crippen LogP) is 6.25. The minimum absolute atomic E-state index is 0.118. The lowest BCUT2D eigenvalue weighted by molar-refractivity contribution is -0.257. The van der Waals surface area contributed by atoms with Gasteiger partial charge in [0.2, 0.25) is 0 Å². The van der Waals surface area contributed by atoms with Gasteiger partial charge in [-0.05, 0) is 43.4 Å². The Balaban J connectivity index is 2.13. The molecule has 0 radical (unpaired) electrons. The van der Waals surface area contributed by atoms with Gasteiger partial charge in [0.15, 0.2) is 0 Å². The van der Waals surface area contributed by atoms with E-state index < -0.39 is 18.1 Å². The van der Waals surface area contributed by atoms with Gasteiger partial charge in [-0.3, -0.25) is 0 Å². The van der Waals surface area contributed by atoms with Crippen LogP contribution in [0, 0.1) is 11.6 Å². The number of halogens is 2. The molecule has 0 saturated carbocycles. The van der Waals surface area contributed by atoms with Gasteiger partial charge in [0.25, 0.3) is 6.48 Å². The van der Waals surface area contributed by atoms with E-state index in [0.29, 0.717) is 12.0 Å². The third-order valence-electron chi connectivity index (χ3n) is 5.11. The van der Waals surface area contributed by atoms with Gasteiger partial charge < -0.3 is 14.9 Å². The summed E-state index contributed by atoms with van der Waals surface area (Å²) in [6, 6.07) is 3.67. The molecule has 0 aliphatic carbocycles. The molecule has 0 heterocycles. The number of unbranched alkanes of at least 4 members (excludes halogenated alkanes) is 9. The highest BCUT2D eigenvalue weighted by molar-refractivity contribution is 5.17. The molecule has 0 saturated heterocycles. The molecule has 1 aromatic carbocycles. The first-order valence-corrected chi connectivity index (χ1v) is 11.0. The lowest BCUT2D eigenvalue weighted by atomic mass is 10.0. The molecule has 1 unspecified atom stereocenters. The summed E-state index contributed by atoms with van der Waals surface area (Å²) in [5, 5.41) is 18.2. The number of aryl methyl sites for hydroxylation is 1. The summed E-state index contributed by atoms with van der Waals surface area (Å²) in [7, 11) is 0. The topological polar surface area (TPSA) is 49.7 Å². The Labute approximate surface area is 169 Å². The van der Waals surface area contributed by atoms with Crippen LogP contribution in [0.1, 0.15) is 96.0 Å². The second-order valence-electron chi connectivity index (χ2n) is 7.72. The van der Waals surface area contributed by atoms with Crippen LogP contribution in [0.5, 0.6) is 0 Å². The van der Waals surface area contributed by atoms with Crippen molar-refractivity contribution < 1.29 is 23.7 Å². The van der Waals surface area contributed by atoms with Gasteiger partial charge in [0, 0.05) is 6.07 Å². The minimum Gasteiger partial charge on any atom is -0.346 e. The van der Waals surface area contributed by atoms with E-state index in [1.807, 2.05) is 0 Å². The van der Waals surface area contributed by atoms with Crippen LogP contribution >= 0.6 is 0 Å². The SMILES string of the molecule is CCCCCCCCCC(CCCCCCc1cc(F)cc(F)c1)OC(O)O. The maximum atomic E-state index is 13.2. The van der Waals surface area contributed by atoms with Gasteiger partial charge in [-0.1, -0.05) is 71.1 Å². The van der Waals surface area contributed by atoms with E-state index in [-0.39, 0.29) is 6.10 Å². The number of aliphatic hydroxyl groups excluding tert-OH is 1. The summed E-state index contributed by atoms with van der Waals surface area (Å²) in [6.45, 7) is 0.501. The summed E-state index contributed by atoms with van der Waals surface area (Å²) in [5.41, 5.74) is 0.695. The molecule has 0 spiro atoms. The third kappa shape index (κ3) is 13.2. The third-order valence-corrected chi connectivity index (χ3v) is 5.11. The number of benzene rings is 1. The first-order valence-electron chi connectivity index (χ1n) is 11.0. The first kappa shape index (κ1) is 25.0. The van der Waals surface area contributed by atoms with E-state index in [4.69, 9.17) is 14.9 Å². The Hall–Kier alpha value is -1.04. The van der Waals surface area contributed by atoms with Gasteiger partial charge >= 0.3 is 0 Å². The predicted molar refractivity (Wildman–Crippen MR) is 109 cm³/mol. The number of ether oxygens (including phenoxy) is 1. The molecule has 3 nitrogen and oxygen atoms in total. The molecular formula is C23H38F2O3. The molecule has 0 amide bonds. The summed E-state index contributed by atoms with van der Waals surface area (Å²) >= 11 is 0. The van der Waals surface area contributed by atoms with Crippen LogP contribution in [0.25, 0.3) is 0 Å². The maximum absolute atomic E-state index is 13.2. The fourth-order valence-corrected chi connectivity index (χ4v) is 3.59. The average Bonchev–Trinajstić information content (AvgIpc) is 2.62. The normalized spacial score (nSPS) is 12.6. The van der Waals surface area contributed by atoms with Gasteiger partial charge in [-0.15, -0.1) is 0 Å². The summed E-state index contributed by atoms with van der Waals surface area (Å²) in [6.07, 6.45) is 14.6. The lowest BCUT2D eigenvalue weighted by Gasteiger charge is -2.19. The van der Waals surface area contributed by atoms with Crippen molar-refractivity contribution in [1.82, 2.24) is 0 Å². The van der Waals surface area contributed by atoms with Crippen LogP contribution in [-0.4, -0.2) is 22.8 Å². The first-order chi connectivity index (χ1) is 13.5. The molecule has 1 atom stereocenters. The molecule has 2 N–H and O–H groups in total. The van der Waals surface area contributed by atoms with Gasteiger partial charge in [0.1, 0.15) is 11.6 Å². The molecule has 162 valence electrons. The Morgan fingerprint density at radius 1 is 0.750 bits per heavy atom. The van der Waals surface area contributed by atoms with Crippen molar-refractivity contribution in [3.63, 3.8) is 0 Å². The zero-order valence-corrected chi connectivity index (χ0v) is 17.3. The molecule has 1 aromatic rings. The number of hydrogen-bond acceptors (Lipinski definition) is 3. The van der Waals surface area contributed by atoms with Crippen molar-refractivity contribution in [2.75, 3.05) is 0 Å².